The lowest BCUT2D eigenvalue weighted by atomic mass is 9.84. The van der Waals surface area contributed by atoms with Gasteiger partial charge in [0.2, 0.25) is 0 Å². The number of benzene rings is 1. The third kappa shape index (κ3) is 2.72. The Labute approximate surface area is 118 Å². The third-order valence-corrected chi connectivity index (χ3v) is 5.00. The Morgan fingerprint density at radius 3 is 2.44 bits per heavy atom. The van der Waals surface area contributed by atoms with Gasteiger partial charge in [0.15, 0.2) is 0 Å². The Morgan fingerprint density at radius 2 is 1.72 bits per heavy atom. The van der Waals surface area contributed by atoms with Crippen molar-refractivity contribution in [1.29, 1.82) is 0 Å². The van der Waals surface area contributed by atoms with Gasteiger partial charge in [-0.05, 0) is 68.5 Å². The van der Waals surface area contributed by atoms with E-state index in [9.17, 15) is 0 Å². The molecule has 0 spiro atoms. The summed E-state index contributed by atoms with van der Waals surface area (Å²) in [5.41, 5.74) is 1.38. The van der Waals surface area contributed by atoms with Crippen LogP contribution >= 0.6 is 15.9 Å². The van der Waals surface area contributed by atoms with E-state index >= 15 is 0 Å². The van der Waals surface area contributed by atoms with Crippen molar-refractivity contribution in [3.63, 3.8) is 0 Å². The number of anilines is 1. The molecular weight excluding hydrogens is 288 g/mol. The van der Waals surface area contributed by atoms with Gasteiger partial charge < -0.3 is 10.2 Å². The van der Waals surface area contributed by atoms with Crippen LogP contribution < -0.4 is 10.2 Å². The van der Waals surface area contributed by atoms with Crippen LogP contribution in [0, 0.1) is 11.8 Å². The Balaban J connectivity index is 1.62. The van der Waals surface area contributed by atoms with E-state index in [1.165, 1.54) is 55.6 Å². The molecule has 1 unspecified atom stereocenters. The summed E-state index contributed by atoms with van der Waals surface area (Å²) in [5.74, 6) is 1.86. The fourth-order valence-corrected chi connectivity index (χ4v) is 3.64. The van der Waals surface area contributed by atoms with E-state index in [0.717, 1.165) is 11.8 Å². The fraction of sp³-hybridized carbons (Fsp3) is 0.600. The van der Waals surface area contributed by atoms with Crippen LogP contribution in [0.5, 0.6) is 0 Å². The van der Waals surface area contributed by atoms with Crippen LogP contribution in [0.4, 0.5) is 5.69 Å². The highest BCUT2D eigenvalue weighted by molar-refractivity contribution is 9.10. The average Bonchev–Trinajstić information content (AvgIpc) is 2.90. The summed E-state index contributed by atoms with van der Waals surface area (Å²) in [7, 11) is 0. The number of halogens is 1. The van der Waals surface area contributed by atoms with Gasteiger partial charge in [-0.15, -0.1) is 0 Å². The van der Waals surface area contributed by atoms with E-state index in [1.807, 2.05) is 0 Å². The summed E-state index contributed by atoms with van der Waals surface area (Å²) in [5, 5.41) is 3.47. The maximum atomic E-state index is 3.50. The number of nitrogens with zero attached hydrogens (tertiary/aromatic N) is 1. The van der Waals surface area contributed by atoms with Gasteiger partial charge >= 0.3 is 0 Å². The number of hydrogen-bond donors (Lipinski definition) is 1. The molecule has 2 heterocycles. The normalized spacial score (nSPS) is 25.6. The van der Waals surface area contributed by atoms with Crippen LogP contribution in [0.3, 0.4) is 0 Å². The summed E-state index contributed by atoms with van der Waals surface area (Å²) in [4.78, 5) is 2.55. The summed E-state index contributed by atoms with van der Waals surface area (Å²) in [6.07, 6.45) is 4.12. The number of piperidine rings is 1. The average molecular weight is 309 g/mol. The molecule has 1 aromatic carbocycles. The highest BCUT2D eigenvalue weighted by Crippen LogP contribution is 2.32. The predicted molar refractivity (Wildman–Crippen MR) is 80.1 cm³/mol. The molecule has 2 nitrogen and oxygen atoms in total. The van der Waals surface area contributed by atoms with Crippen molar-refractivity contribution in [1.82, 2.24) is 5.32 Å². The summed E-state index contributed by atoms with van der Waals surface area (Å²) in [6, 6.07) is 8.75. The minimum Gasteiger partial charge on any atom is -0.371 e. The van der Waals surface area contributed by atoms with Crippen molar-refractivity contribution < 1.29 is 0 Å². The molecule has 2 fully saturated rings. The van der Waals surface area contributed by atoms with Gasteiger partial charge in [0, 0.05) is 23.2 Å². The van der Waals surface area contributed by atoms with E-state index in [-0.39, 0.29) is 0 Å². The predicted octanol–water partition coefficient (Wildman–Crippen LogP) is 3.28. The zero-order valence-electron chi connectivity index (χ0n) is 10.7. The van der Waals surface area contributed by atoms with E-state index in [1.54, 1.807) is 0 Å². The van der Waals surface area contributed by atoms with Crippen LogP contribution in [0.15, 0.2) is 28.7 Å². The van der Waals surface area contributed by atoms with Crippen LogP contribution in [0.25, 0.3) is 0 Å². The van der Waals surface area contributed by atoms with Crippen molar-refractivity contribution >= 4 is 21.6 Å². The molecule has 0 aromatic heterocycles. The summed E-state index contributed by atoms with van der Waals surface area (Å²) < 4.78 is 1.17. The molecule has 3 rings (SSSR count). The molecule has 0 saturated carbocycles. The van der Waals surface area contributed by atoms with Crippen LogP contribution in [0.2, 0.25) is 0 Å². The van der Waals surface area contributed by atoms with E-state index in [0.29, 0.717) is 0 Å². The fourth-order valence-electron chi connectivity index (χ4n) is 3.37. The largest absolute Gasteiger partial charge is 0.371 e. The van der Waals surface area contributed by atoms with Crippen LogP contribution in [0.1, 0.15) is 19.3 Å². The molecule has 3 heteroatoms. The maximum absolute atomic E-state index is 3.50. The molecule has 2 saturated heterocycles. The lowest BCUT2D eigenvalue weighted by Gasteiger charge is -2.28. The van der Waals surface area contributed by atoms with E-state index < -0.39 is 0 Å². The minimum atomic E-state index is 0.913. The molecule has 1 N–H and O–H groups in total. The second kappa shape index (κ2) is 5.62. The summed E-state index contributed by atoms with van der Waals surface area (Å²) >= 11 is 3.50. The highest BCUT2D eigenvalue weighted by Gasteiger charge is 2.30. The van der Waals surface area contributed by atoms with Gasteiger partial charge in [0.25, 0.3) is 0 Å². The molecule has 1 aromatic rings. The second-order valence-corrected chi connectivity index (χ2v) is 6.47. The van der Waals surface area contributed by atoms with Crippen molar-refractivity contribution in [2.75, 3.05) is 31.1 Å². The molecule has 2 aliphatic heterocycles. The Hall–Kier alpha value is -0.540. The smallest absolute Gasteiger partial charge is 0.0367 e. The molecule has 98 valence electrons. The first-order chi connectivity index (χ1) is 8.83. The minimum absolute atomic E-state index is 0.913. The Morgan fingerprint density at radius 1 is 1.00 bits per heavy atom. The highest BCUT2D eigenvalue weighted by atomic mass is 79.9. The third-order valence-electron chi connectivity index (χ3n) is 4.47. The molecule has 0 bridgehead atoms. The molecular formula is C15H21BrN2. The zero-order chi connectivity index (χ0) is 12.4. The van der Waals surface area contributed by atoms with Crippen molar-refractivity contribution in [3.05, 3.63) is 28.7 Å². The maximum Gasteiger partial charge on any atom is 0.0367 e. The van der Waals surface area contributed by atoms with Crippen molar-refractivity contribution in [2.24, 2.45) is 11.8 Å². The topological polar surface area (TPSA) is 15.3 Å². The SMILES string of the molecule is Brc1ccc(N2CCC(C3CCNCC3)C2)cc1. The van der Waals surface area contributed by atoms with Gasteiger partial charge in [-0.25, -0.2) is 0 Å². The molecule has 0 amide bonds. The Kier molecular flexibility index (Phi) is 3.90. The van der Waals surface area contributed by atoms with Gasteiger partial charge in [-0.2, -0.15) is 0 Å². The lowest BCUT2D eigenvalue weighted by molar-refractivity contribution is 0.276. The van der Waals surface area contributed by atoms with Gasteiger partial charge in [0.05, 0.1) is 0 Å². The van der Waals surface area contributed by atoms with Gasteiger partial charge in [0.1, 0.15) is 0 Å². The second-order valence-electron chi connectivity index (χ2n) is 5.56. The monoisotopic (exact) mass is 308 g/mol. The van der Waals surface area contributed by atoms with Gasteiger partial charge in [-0.1, -0.05) is 15.9 Å². The van der Waals surface area contributed by atoms with E-state index in [4.69, 9.17) is 0 Å². The standard InChI is InChI=1S/C15H21BrN2/c16-14-1-3-15(4-2-14)18-10-7-13(11-18)12-5-8-17-9-6-12/h1-4,12-13,17H,5-11H2. The van der Waals surface area contributed by atoms with Gasteiger partial charge in [-0.3, -0.25) is 0 Å². The molecule has 2 aliphatic rings. The first-order valence-electron chi connectivity index (χ1n) is 7.04. The first-order valence-corrected chi connectivity index (χ1v) is 7.83. The number of nitrogens with one attached hydrogen (secondary N) is 1. The van der Waals surface area contributed by atoms with E-state index in [2.05, 4.69) is 50.4 Å². The zero-order valence-corrected chi connectivity index (χ0v) is 12.3. The number of hydrogen-bond acceptors (Lipinski definition) is 2. The molecule has 0 radical (unpaired) electrons. The first kappa shape index (κ1) is 12.5. The molecule has 18 heavy (non-hydrogen) atoms. The molecule has 0 aliphatic carbocycles. The lowest BCUT2D eigenvalue weighted by Crippen LogP contribution is -2.32. The van der Waals surface area contributed by atoms with Crippen LogP contribution in [-0.4, -0.2) is 26.2 Å². The van der Waals surface area contributed by atoms with Crippen molar-refractivity contribution in [2.45, 2.75) is 19.3 Å². The Bertz CT molecular complexity index is 384. The van der Waals surface area contributed by atoms with Crippen molar-refractivity contribution in [3.8, 4) is 0 Å². The molecule has 1 atom stereocenters. The quantitative estimate of drug-likeness (QED) is 0.902. The van der Waals surface area contributed by atoms with Crippen LogP contribution in [-0.2, 0) is 0 Å². The number of rotatable bonds is 2. The summed E-state index contributed by atoms with van der Waals surface area (Å²) in [6.45, 7) is 4.93.